The molecule has 0 saturated heterocycles. The summed E-state index contributed by atoms with van der Waals surface area (Å²) >= 11 is 5.18. The lowest BCUT2D eigenvalue weighted by molar-refractivity contribution is -0.107. The molecule has 114 valence electrons. The maximum Gasteiger partial charge on any atom is 0.290 e. The summed E-state index contributed by atoms with van der Waals surface area (Å²) in [6.45, 7) is 0. The van der Waals surface area contributed by atoms with Crippen LogP contribution in [0.5, 0.6) is 0 Å². The van der Waals surface area contributed by atoms with Gasteiger partial charge in [-0.3, -0.25) is 4.79 Å². The number of benzene rings is 2. The SMILES string of the molecule is O=C(Cl)C=Cc1cccc(S(=O)(=O)N(F)c2ccccc2)c1. The largest absolute Gasteiger partial charge is 0.290 e. The van der Waals surface area contributed by atoms with E-state index in [1.807, 2.05) is 0 Å². The molecule has 2 aromatic rings. The molecule has 0 amide bonds. The van der Waals surface area contributed by atoms with Gasteiger partial charge in [0, 0.05) is 0 Å². The van der Waals surface area contributed by atoms with Crippen molar-refractivity contribution >= 4 is 38.6 Å². The second-order valence-corrected chi connectivity index (χ2v) is 6.38. The molecule has 0 unspecified atom stereocenters. The average molecular weight is 340 g/mol. The number of carbonyl (C=O) groups excluding carboxylic acids is 1. The lowest BCUT2D eigenvalue weighted by atomic mass is 10.2. The first kappa shape index (κ1) is 16.2. The topological polar surface area (TPSA) is 54.5 Å². The van der Waals surface area contributed by atoms with Crippen LogP contribution in [0.15, 0.2) is 65.6 Å². The number of anilines is 1. The lowest BCUT2D eigenvalue weighted by Gasteiger charge is -2.14. The predicted molar refractivity (Wildman–Crippen MR) is 83.6 cm³/mol. The normalized spacial score (nSPS) is 11.5. The van der Waals surface area contributed by atoms with Gasteiger partial charge in [0.2, 0.25) is 5.24 Å². The molecule has 0 atom stereocenters. The molecule has 0 N–H and O–H groups in total. The monoisotopic (exact) mass is 339 g/mol. The molecule has 2 aromatic carbocycles. The zero-order chi connectivity index (χ0) is 16.2. The average Bonchev–Trinajstić information content (AvgIpc) is 2.53. The van der Waals surface area contributed by atoms with Crippen molar-refractivity contribution in [2.24, 2.45) is 0 Å². The van der Waals surface area contributed by atoms with Gasteiger partial charge in [0.1, 0.15) is 0 Å². The molecule has 7 heteroatoms. The number of sulfonamides is 1. The Morgan fingerprint density at radius 3 is 2.41 bits per heavy atom. The Morgan fingerprint density at radius 1 is 1.09 bits per heavy atom. The number of carbonyl (C=O) groups is 1. The molecule has 0 saturated carbocycles. The van der Waals surface area contributed by atoms with Crippen molar-refractivity contribution in [3.63, 3.8) is 0 Å². The van der Waals surface area contributed by atoms with Crippen LogP contribution in [0.1, 0.15) is 5.56 Å². The molecule has 4 nitrogen and oxygen atoms in total. The van der Waals surface area contributed by atoms with Gasteiger partial charge >= 0.3 is 0 Å². The molecule has 22 heavy (non-hydrogen) atoms. The van der Waals surface area contributed by atoms with Crippen LogP contribution in [-0.2, 0) is 14.8 Å². The summed E-state index contributed by atoms with van der Waals surface area (Å²) in [6.07, 6.45) is 2.43. The zero-order valence-corrected chi connectivity index (χ0v) is 12.8. The van der Waals surface area contributed by atoms with Crippen molar-refractivity contribution in [2.45, 2.75) is 4.90 Å². The van der Waals surface area contributed by atoms with Gasteiger partial charge in [-0.25, -0.2) is 0 Å². The molecule has 0 aliphatic heterocycles. The Labute approximate surface area is 132 Å². The standard InChI is InChI=1S/C15H11ClFNO3S/c16-15(19)10-9-12-5-4-8-14(11-12)22(20,21)18(17)13-6-2-1-3-7-13/h1-11H. The summed E-state index contributed by atoms with van der Waals surface area (Å²) in [5, 5.41) is -0.690. The minimum Gasteiger partial charge on any atom is -0.276 e. The van der Waals surface area contributed by atoms with E-state index in [1.165, 1.54) is 48.5 Å². The molecule has 0 radical (unpaired) electrons. The van der Waals surface area contributed by atoms with Crippen LogP contribution in [0.25, 0.3) is 6.08 Å². The summed E-state index contributed by atoms with van der Waals surface area (Å²) in [7, 11) is -4.34. The first-order valence-electron chi connectivity index (χ1n) is 6.15. The van der Waals surface area contributed by atoms with E-state index in [9.17, 15) is 17.7 Å². The Kier molecular flexibility index (Phi) is 4.95. The van der Waals surface area contributed by atoms with E-state index in [-0.39, 0.29) is 15.1 Å². The van der Waals surface area contributed by atoms with Gasteiger partial charge in [-0.15, -0.1) is 0 Å². The van der Waals surface area contributed by atoms with Gasteiger partial charge in [-0.1, -0.05) is 45.4 Å². The highest BCUT2D eigenvalue weighted by Gasteiger charge is 2.25. The van der Waals surface area contributed by atoms with Crippen LogP contribution in [-0.4, -0.2) is 13.7 Å². The molecule has 0 spiro atoms. The van der Waals surface area contributed by atoms with E-state index in [1.54, 1.807) is 12.1 Å². The van der Waals surface area contributed by atoms with E-state index in [2.05, 4.69) is 0 Å². The third-order valence-corrected chi connectivity index (χ3v) is 4.34. The van der Waals surface area contributed by atoms with Gasteiger partial charge in [-0.05, 0) is 47.5 Å². The van der Waals surface area contributed by atoms with Crippen LogP contribution in [0, 0.1) is 0 Å². The third kappa shape index (κ3) is 3.72. The highest BCUT2D eigenvalue weighted by atomic mass is 35.5. The lowest BCUT2D eigenvalue weighted by Crippen LogP contribution is -2.22. The summed E-state index contributed by atoms with van der Waals surface area (Å²) in [5.41, 5.74) is 0.316. The molecular weight excluding hydrogens is 329 g/mol. The van der Waals surface area contributed by atoms with Gasteiger partial charge in [0.15, 0.2) is 0 Å². The number of rotatable bonds is 5. The van der Waals surface area contributed by atoms with Crippen LogP contribution >= 0.6 is 11.6 Å². The van der Waals surface area contributed by atoms with Crippen molar-refractivity contribution in [2.75, 3.05) is 4.53 Å². The van der Waals surface area contributed by atoms with Crippen molar-refractivity contribution in [3.05, 3.63) is 66.2 Å². The maximum atomic E-state index is 14.2. The second-order valence-electron chi connectivity index (χ2n) is 4.27. The van der Waals surface area contributed by atoms with E-state index in [0.29, 0.717) is 5.56 Å². The minimum absolute atomic E-state index is 0.0978. The fourth-order valence-corrected chi connectivity index (χ4v) is 2.90. The van der Waals surface area contributed by atoms with Crippen molar-refractivity contribution < 1.29 is 17.7 Å². The highest BCUT2D eigenvalue weighted by molar-refractivity contribution is 7.92. The van der Waals surface area contributed by atoms with Crippen molar-refractivity contribution in [1.82, 2.24) is 0 Å². The van der Waals surface area contributed by atoms with Crippen LogP contribution < -0.4 is 4.53 Å². The summed E-state index contributed by atoms with van der Waals surface area (Å²) in [5.74, 6) is 0. The minimum atomic E-state index is -4.34. The highest BCUT2D eigenvalue weighted by Crippen LogP contribution is 2.24. The maximum absolute atomic E-state index is 14.2. The number of halogens is 2. The van der Waals surface area contributed by atoms with Gasteiger partial charge in [0.05, 0.1) is 10.6 Å². The Balaban J connectivity index is 2.38. The second kappa shape index (κ2) is 6.72. The molecule has 0 bridgehead atoms. The molecule has 0 aromatic heterocycles. The van der Waals surface area contributed by atoms with Crippen molar-refractivity contribution in [1.29, 1.82) is 0 Å². The van der Waals surface area contributed by atoms with Crippen LogP contribution in [0.2, 0.25) is 0 Å². The first-order chi connectivity index (χ1) is 10.4. The number of nitrogens with zero attached hydrogens (tertiary/aromatic N) is 1. The third-order valence-electron chi connectivity index (χ3n) is 2.73. The number of para-hydroxylation sites is 1. The van der Waals surface area contributed by atoms with E-state index < -0.39 is 15.3 Å². The van der Waals surface area contributed by atoms with Gasteiger partial charge in [0.25, 0.3) is 10.0 Å². The number of hydrogen-bond acceptors (Lipinski definition) is 3. The Bertz CT molecular complexity index is 807. The molecule has 0 fully saturated rings. The van der Waals surface area contributed by atoms with E-state index in [4.69, 9.17) is 11.6 Å². The fourth-order valence-electron chi connectivity index (χ4n) is 1.72. The van der Waals surface area contributed by atoms with E-state index >= 15 is 0 Å². The summed E-state index contributed by atoms with van der Waals surface area (Å²) < 4.78 is 38.4. The molecule has 0 aliphatic rings. The fraction of sp³-hybridized carbons (Fsp3) is 0. The van der Waals surface area contributed by atoms with Crippen LogP contribution in [0.4, 0.5) is 10.2 Å². The Morgan fingerprint density at radius 2 is 1.77 bits per heavy atom. The number of allylic oxidation sites excluding steroid dienone is 1. The number of hydrogen-bond donors (Lipinski definition) is 0. The summed E-state index contributed by atoms with van der Waals surface area (Å²) in [4.78, 5) is 10.5. The van der Waals surface area contributed by atoms with Gasteiger partial charge < -0.3 is 0 Å². The van der Waals surface area contributed by atoms with Crippen molar-refractivity contribution in [3.8, 4) is 0 Å². The van der Waals surface area contributed by atoms with Gasteiger partial charge in [-0.2, -0.15) is 8.42 Å². The summed E-state index contributed by atoms with van der Waals surface area (Å²) in [6, 6.07) is 12.9. The molecular formula is C15H11ClFNO3S. The quantitative estimate of drug-likeness (QED) is 0.475. The molecule has 0 heterocycles. The molecule has 2 rings (SSSR count). The first-order valence-corrected chi connectivity index (χ1v) is 7.97. The zero-order valence-electron chi connectivity index (χ0n) is 11.2. The smallest absolute Gasteiger partial charge is 0.276 e. The van der Waals surface area contributed by atoms with E-state index in [0.717, 1.165) is 6.08 Å². The molecule has 0 aliphatic carbocycles. The predicted octanol–water partition coefficient (Wildman–Crippen LogP) is 3.55. The Hall–Kier alpha value is -2.18. The van der Waals surface area contributed by atoms with Crippen LogP contribution in [0.3, 0.4) is 0 Å².